The molecule has 0 atom stereocenters. The van der Waals surface area contributed by atoms with E-state index in [1.54, 1.807) is 12.1 Å². The van der Waals surface area contributed by atoms with Crippen LogP contribution < -0.4 is 0 Å². The van der Waals surface area contributed by atoms with Crippen LogP contribution in [0.4, 0.5) is 0 Å². The number of hydrogen-bond donors (Lipinski definition) is 0. The zero-order valence-electron chi connectivity index (χ0n) is 9.95. The molecule has 0 radical (unpaired) electrons. The van der Waals surface area contributed by atoms with Crippen molar-refractivity contribution in [3.05, 3.63) is 34.1 Å². The maximum atomic E-state index is 12.3. The summed E-state index contributed by atoms with van der Waals surface area (Å²) in [6.07, 6.45) is 4.46. The van der Waals surface area contributed by atoms with E-state index in [1.807, 2.05) is 4.90 Å². The molecule has 2 bridgehead atoms. The predicted molar refractivity (Wildman–Crippen MR) is 63.8 cm³/mol. The fourth-order valence-corrected chi connectivity index (χ4v) is 3.05. The lowest BCUT2D eigenvalue weighted by molar-refractivity contribution is 0.0695. The van der Waals surface area contributed by atoms with Crippen molar-refractivity contribution >= 4 is 5.91 Å². The summed E-state index contributed by atoms with van der Waals surface area (Å²) in [6.45, 7) is 0.149. The SMILES string of the molecule is [N-]=[N+]=NCc1ccc(C(=O)N2C3CCC2CC3)o1. The van der Waals surface area contributed by atoms with Crippen LogP contribution in [0.1, 0.15) is 42.0 Å². The van der Waals surface area contributed by atoms with Crippen molar-refractivity contribution in [3.63, 3.8) is 0 Å². The number of rotatable bonds is 3. The van der Waals surface area contributed by atoms with Crippen molar-refractivity contribution in [3.8, 4) is 0 Å². The highest BCUT2D eigenvalue weighted by Gasteiger charge is 2.43. The van der Waals surface area contributed by atoms with Gasteiger partial charge in [0.15, 0.2) is 5.76 Å². The quantitative estimate of drug-likeness (QED) is 0.466. The van der Waals surface area contributed by atoms with Crippen LogP contribution in [0.3, 0.4) is 0 Å². The largest absolute Gasteiger partial charge is 0.456 e. The van der Waals surface area contributed by atoms with Crippen LogP contribution >= 0.6 is 0 Å². The van der Waals surface area contributed by atoms with Gasteiger partial charge >= 0.3 is 0 Å². The Bertz CT molecular complexity index is 498. The summed E-state index contributed by atoms with van der Waals surface area (Å²) in [5.41, 5.74) is 8.24. The van der Waals surface area contributed by atoms with Crippen LogP contribution in [0, 0.1) is 0 Å². The summed E-state index contributed by atoms with van der Waals surface area (Å²) in [5.74, 6) is 0.867. The molecule has 94 valence electrons. The van der Waals surface area contributed by atoms with Crippen LogP contribution in [0.15, 0.2) is 21.7 Å². The molecule has 0 N–H and O–H groups in total. The highest BCUT2D eigenvalue weighted by atomic mass is 16.4. The van der Waals surface area contributed by atoms with E-state index in [4.69, 9.17) is 9.95 Å². The fourth-order valence-electron chi connectivity index (χ4n) is 3.05. The highest BCUT2D eigenvalue weighted by molar-refractivity contribution is 5.92. The lowest BCUT2D eigenvalue weighted by Gasteiger charge is -2.20. The van der Waals surface area contributed by atoms with Crippen molar-refractivity contribution in [2.24, 2.45) is 5.11 Å². The molecule has 1 amide bonds. The average molecular weight is 246 g/mol. The van der Waals surface area contributed by atoms with E-state index in [2.05, 4.69) is 10.0 Å². The van der Waals surface area contributed by atoms with Crippen LogP contribution in [0.25, 0.3) is 10.4 Å². The predicted octanol–water partition coefficient (Wildman–Crippen LogP) is 2.86. The Balaban J connectivity index is 1.76. The summed E-state index contributed by atoms with van der Waals surface area (Å²) in [5, 5.41) is 3.42. The molecule has 2 saturated heterocycles. The number of azide groups is 1. The van der Waals surface area contributed by atoms with Crippen molar-refractivity contribution < 1.29 is 9.21 Å². The minimum atomic E-state index is -0.0211. The Kier molecular flexibility index (Phi) is 2.72. The molecule has 0 unspecified atom stereocenters. The summed E-state index contributed by atoms with van der Waals surface area (Å²) >= 11 is 0. The molecule has 0 aromatic carbocycles. The molecule has 2 aliphatic rings. The Morgan fingerprint density at radius 1 is 1.39 bits per heavy atom. The normalized spacial score (nSPS) is 25.2. The second-order valence-corrected chi connectivity index (χ2v) is 4.83. The van der Waals surface area contributed by atoms with Crippen molar-refractivity contribution in [2.75, 3.05) is 0 Å². The first-order valence-electron chi connectivity index (χ1n) is 6.22. The van der Waals surface area contributed by atoms with Gasteiger partial charge in [0.2, 0.25) is 0 Å². The molecule has 18 heavy (non-hydrogen) atoms. The van der Waals surface area contributed by atoms with Crippen LogP contribution in [0.2, 0.25) is 0 Å². The highest BCUT2D eigenvalue weighted by Crippen LogP contribution is 2.38. The van der Waals surface area contributed by atoms with Gasteiger partial charge < -0.3 is 9.32 Å². The summed E-state index contributed by atoms with van der Waals surface area (Å²) < 4.78 is 5.43. The molecular weight excluding hydrogens is 232 g/mol. The number of amides is 1. The Morgan fingerprint density at radius 3 is 2.67 bits per heavy atom. The third-order valence-corrected chi connectivity index (χ3v) is 3.85. The number of nitrogens with zero attached hydrogens (tertiary/aromatic N) is 4. The smallest absolute Gasteiger partial charge is 0.290 e. The number of carbonyl (C=O) groups is 1. The first kappa shape index (κ1) is 11.2. The van der Waals surface area contributed by atoms with Crippen LogP contribution in [0.5, 0.6) is 0 Å². The minimum Gasteiger partial charge on any atom is -0.456 e. The summed E-state index contributed by atoms with van der Waals surface area (Å²) in [7, 11) is 0. The number of hydrogen-bond acceptors (Lipinski definition) is 3. The van der Waals surface area contributed by atoms with Gasteiger partial charge in [0.05, 0.1) is 6.54 Å². The molecule has 0 saturated carbocycles. The maximum absolute atomic E-state index is 12.3. The van der Waals surface area contributed by atoms with Gasteiger partial charge in [-0.2, -0.15) is 0 Å². The molecule has 2 fully saturated rings. The fraction of sp³-hybridized carbons (Fsp3) is 0.583. The van der Waals surface area contributed by atoms with E-state index in [0.29, 0.717) is 23.6 Å². The van der Waals surface area contributed by atoms with Crippen LogP contribution in [-0.4, -0.2) is 22.9 Å². The topological polar surface area (TPSA) is 82.2 Å². The zero-order chi connectivity index (χ0) is 12.5. The second kappa shape index (κ2) is 4.38. The van der Waals surface area contributed by atoms with Gasteiger partial charge in [0, 0.05) is 17.0 Å². The van der Waals surface area contributed by atoms with Gasteiger partial charge in [0.25, 0.3) is 5.91 Å². The molecular formula is C12H14N4O2. The lowest BCUT2D eigenvalue weighted by atomic mass is 10.0. The van der Waals surface area contributed by atoms with Gasteiger partial charge in [0.1, 0.15) is 5.76 Å². The summed E-state index contributed by atoms with van der Waals surface area (Å²) in [4.78, 5) is 17.0. The van der Waals surface area contributed by atoms with Crippen LogP contribution in [-0.2, 0) is 6.54 Å². The Morgan fingerprint density at radius 2 is 2.06 bits per heavy atom. The van der Waals surface area contributed by atoms with Gasteiger partial charge in [-0.1, -0.05) is 5.11 Å². The molecule has 6 heteroatoms. The molecule has 2 aliphatic heterocycles. The zero-order valence-corrected chi connectivity index (χ0v) is 9.95. The molecule has 1 aromatic rings. The van der Waals surface area contributed by atoms with Gasteiger partial charge in [-0.3, -0.25) is 4.79 Å². The molecule has 3 heterocycles. The van der Waals surface area contributed by atoms with E-state index in [0.717, 1.165) is 25.7 Å². The third-order valence-electron chi connectivity index (χ3n) is 3.85. The van der Waals surface area contributed by atoms with E-state index >= 15 is 0 Å². The Labute approximate surface area is 104 Å². The van der Waals surface area contributed by atoms with E-state index in [1.165, 1.54) is 0 Å². The third kappa shape index (κ3) is 1.75. The second-order valence-electron chi connectivity index (χ2n) is 4.83. The number of furan rings is 1. The molecule has 3 rings (SSSR count). The van der Waals surface area contributed by atoms with Gasteiger partial charge in [-0.15, -0.1) is 0 Å². The molecule has 0 aliphatic carbocycles. The summed E-state index contributed by atoms with van der Waals surface area (Å²) in [6, 6.07) is 4.16. The number of fused-ring (bicyclic) bond motifs is 2. The molecule has 1 aromatic heterocycles. The standard InChI is InChI=1S/C12H14N4O2/c13-15-14-7-10-5-6-11(18-10)12(17)16-8-1-2-9(16)4-3-8/h5-6,8-9H,1-4,7H2. The van der Waals surface area contributed by atoms with E-state index in [-0.39, 0.29) is 12.5 Å². The first-order chi connectivity index (χ1) is 8.79. The van der Waals surface area contributed by atoms with E-state index < -0.39 is 0 Å². The Hall–Kier alpha value is -1.94. The van der Waals surface area contributed by atoms with E-state index in [9.17, 15) is 4.79 Å². The minimum absolute atomic E-state index is 0.0211. The molecule has 0 spiro atoms. The average Bonchev–Trinajstić information content (AvgIpc) is 3.10. The molecule has 6 nitrogen and oxygen atoms in total. The van der Waals surface area contributed by atoms with Gasteiger partial charge in [-0.05, 0) is 43.3 Å². The van der Waals surface area contributed by atoms with Crippen molar-refractivity contribution in [1.29, 1.82) is 0 Å². The van der Waals surface area contributed by atoms with Crippen molar-refractivity contribution in [2.45, 2.75) is 44.3 Å². The number of carbonyl (C=O) groups excluding carboxylic acids is 1. The van der Waals surface area contributed by atoms with Gasteiger partial charge in [-0.25, -0.2) is 0 Å². The maximum Gasteiger partial charge on any atom is 0.290 e. The van der Waals surface area contributed by atoms with Crippen molar-refractivity contribution in [1.82, 2.24) is 4.90 Å². The first-order valence-corrected chi connectivity index (χ1v) is 6.22. The lowest BCUT2D eigenvalue weighted by Crippen LogP contribution is -2.34. The monoisotopic (exact) mass is 246 g/mol.